The number of hydrogen-bond donors (Lipinski definition) is 1. The fourth-order valence-electron chi connectivity index (χ4n) is 1.79. The molecule has 3 rings (SSSR count). The molecule has 0 aliphatic carbocycles. The van der Waals surface area contributed by atoms with Crippen molar-refractivity contribution in [3.8, 4) is 0 Å². The molecule has 1 N–H and O–H groups in total. The van der Waals surface area contributed by atoms with Crippen molar-refractivity contribution in [3.63, 3.8) is 0 Å². The SMILES string of the molecule is Brc1ccc2sc(NC3CCOC3)nc2c1. The number of halogens is 1. The van der Waals surface area contributed by atoms with E-state index in [1.165, 1.54) is 4.70 Å². The maximum absolute atomic E-state index is 5.33. The van der Waals surface area contributed by atoms with Gasteiger partial charge in [0, 0.05) is 11.1 Å². The molecular weight excluding hydrogens is 288 g/mol. The number of rotatable bonds is 2. The number of thiazole rings is 1. The summed E-state index contributed by atoms with van der Waals surface area (Å²) >= 11 is 5.15. The second-order valence-electron chi connectivity index (χ2n) is 3.84. The highest BCUT2D eigenvalue weighted by atomic mass is 79.9. The summed E-state index contributed by atoms with van der Waals surface area (Å²) in [6.07, 6.45) is 1.07. The van der Waals surface area contributed by atoms with Crippen LogP contribution in [0.4, 0.5) is 5.13 Å². The largest absolute Gasteiger partial charge is 0.379 e. The molecule has 84 valence electrons. The maximum atomic E-state index is 5.33. The molecule has 1 unspecified atom stereocenters. The summed E-state index contributed by atoms with van der Waals surface area (Å²) < 4.78 is 7.61. The van der Waals surface area contributed by atoms with Crippen LogP contribution >= 0.6 is 27.3 Å². The average molecular weight is 299 g/mol. The lowest BCUT2D eigenvalue weighted by atomic mass is 10.3. The van der Waals surface area contributed by atoms with Gasteiger partial charge in [-0.25, -0.2) is 4.98 Å². The van der Waals surface area contributed by atoms with Crippen LogP contribution in [0.25, 0.3) is 10.2 Å². The minimum Gasteiger partial charge on any atom is -0.379 e. The van der Waals surface area contributed by atoms with Crippen LogP contribution in [0.2, 0.25) is 0 Å². The van der Waals surface area contributed by atoms with Crippen molar-refractivity contribution in [2.75, 3.05) is 18.5 Å². The lowest BCUT2D eigenvalue weighted by Gasteiger charge is -2.07. The van der Waals surface area contributed by atoms with E-state index in [-0.39, 0.29) is 0 Å². The Labute approximate surface area is 106 Å². The molecule has 1 aliphatic heterocycles. The van der Waals surface area contributed by atoms with Crippen molar-refractivity contribution in [1.29, 1.82) is 0 Å². The Hall–Kier alpha value is -0.650. The third-order valence-corrected chi connectivity index (χ3v) is 4.07. The summed E-state index contributed by atoms with van der Waals surface area (Å²) in [4.78, 5) is 4.56. The van der Waals surface area contributed by atoms with Crippen LogP contribution in [0.5, 0.6) is 0 Å². The van der Waals surface area contributed by atoms with Crippen LogP contribution in [0.3, 0.4) is 0 Å². The number of nitrogens with zero attached hydrogens (tertiary/aromatic N) is 1. The Morgan fingerprint density at radius 3 is 3.25 bits per heavy atom. The van der Waals surface area contributed by atoms with E-state index in [9.17, 15) is 0 Å². The van der Waals surface area contributed by atoms with Gasteiger partial charge >= 0.3 is 0 Å². The molecule has 3 nitrogen and oxygen atoms in total. The maximum Gasteiger partial charge on any atom is 0.184 e. The molecule has 1 aliphatic rings. The summed E-state index contributed by atoms with van der Waals surface area (Å²) in [6.45, 7) is 1.65. The summed E-state index contributed by atoms with van der Waals surface area (Å²) in [7, 11) is 0. The molecule has 0 spiro atoms. The number of aromatic nitrogens is 1. The van der Waals surface area contributed by atoms with E-state index >= 15 is 0 Å². The summed E-state index contributed by atoms with van der Waals surface area (Å²) in [5, 5.41) is 4.41. The topological polar surface area (TPSA) is 34.1 Å². The zero-order valence-electron chi connectivity index (χ0n) is 8.57. The Kier molecular flexibility index (Phi) is 2.83. The van der Waals surface area contributed by atoms with Gasteiger partial charge in [0.05, 0.1) is 22.9 Å². The number of ether oxygens (including phenoxy) is 1. The minimum atomic E-state index is 0.420. The molecule has 0 amide bonds. The van der Waals surface area contributed by atoms with Crippen LogP contribution in [-0.2, 0) is 4.74 Å². The molecule has 0 bridgehead atoms. The Balaban J connectivity index is 1.86. The van der Waals surface area contributed by atoms with Crippen LogP contribution in [-0.4, -0.2) is 24.2 Å². The second-order valence-corrected chi connectivity index (χ2v) is 5.78. The number of fused-ring (bicyclic) bond motifs is 1. The van der Waals surface area contributed by atoms with Gasteiger partial charge in [-0.15, -0.1) is 0 Å². The van der Waals surface area contributed by atoms with Crippen molar-refractivity contribution >= 4 is 42.6 Å². The summed E-state index contributed by atoms with van der Waals surface area (Å²) in [6, 6.07) is 6.60. The first-order valence-corrected chi connectivity index (χ1v) is 6.82. The van der Waals surface area contributed by atoms with Gasteiger partial charge in [-0.3, -0.25) is 0 Å². The van der Waals surface area contributed by atoms with Crippen molar-refractivity contribution in [2.24, 2.45) is 0 Å². The van der Waals surface area contributed by atoms with Gasteiger partial charge in [-0.1, -0.05) is 27.3 Å². The molecule has 1 aromatic heterocycles. The highest BCUT2D eigenvalue weighted by Crippen LogP contribution is 2.29. The van der Waals surface area contributed by atoms with E-state index in [1.807, 2.05) is 12.1 Å². The smallest absolute Gasteiger partial charge is 0.184 e. The Bertz CT molecular complexity index is 508. The Morgan fingerprint density at radius 1 is 1.50 bits per heavy atom. The van der Waals surface area contributed by atoms with Gasteiger partial charge < -0.3 is 10.1 Å². The quantitative estimate of drug-likeness (QED) is 0.924. The zero-order valence-corrected chi connectivity index (χ0v) is 11.0. The van der Waals surface area contributed by atoms with E-state index in [0.29, 0.717) is 6.04 Å². The molecule has 1 atom stereocenters. The fourth-order valence-corrected chi connectivity index (χ4v) is 3.06. The number of benzene rings is 1. The third kappa shape index (κ3) is 2.07. The molecule has 0 radical (unpaired) electrons. The molecule has 2 aromatic rings. The number of anilines is 1. The predicted molar refractivity (Wildman–Crippen MR) is 70.2 cm³/mol. The summed E-state index contributed by atoms with van der Waals surface area (Å²) in [5.74, 6) is 0. The molecule has 2 heterocycles. The monoisotopic (exact) mass is 298 g/mol. The number of nitrogens with one attached hydrogen (secondary N) is 1. The van der Waals surface area contributed by atoms with Gasteiger partial charge in [-0.2, -0.15) is 0 Å². The normalized spacial score (nSPS) is 20.4. The van der Waals surface area contributed by atoms with Crippen molar-refractivity contribution < 1.29 is 4.74 Å². The first kappa shape index (κ1) is 10.5. The van der Waals surface area contributed by atoms with E-state index in [2.05, 4.69) is 32.3 Å². The van der Waals surface area contributed by atoms with Gasteiger partial charge in [0.15, 0.2) is 5.13 Å². The van der Waals surface area contributed by atoms with Gasteiger partial charge in [0.1, 0.15) is 0 Å². The molecule has 1 aromatic carbocycles. The van der Waals surface area contributed by atoms with Crippen LogP contribution in [0.1, 0.15) is 6.42 Å². The molecule has 0 saturated carbocycles. The highest BCUT2D eigenvalue weighted by molar-refractivity contribution is 9.10. The lowest BCUT2D eigenvalue weighted by molar-refractivity contribution is 0.195. The van der Waals surface area contributed by atoms with E-state index < -0.39 is 0 Å². The van der Waals surface area contributed by atoms with E-state index in [4.69, 9.17) is 4.74 Å². The number of hydrogen-bond acceptors (Lipinski definition) is 4. The van der Waals surface area contributed by atoms with Crippen molar-refractivity contribution in [2.45, 2.75) is 12.5 Å². The molecule has 16 heavy (non-hydrogen) atoms. The first-order chi connectivity index (χ1) is 7.81. The van der Waals surface area contributed by atoms with Crippen molar-refractivity contribution in [1.82, 2.24) is 4.98 Å². The van der Waals surface area contributed by atoms with Gasteiger partial charge in [0.2, 0.25) is 0 Å². The van der Waals surface area contributed by atoms with Crippen LogP contribution in [0.15, 0.2) is 22.7 Å². The van der Waals surface area contributed by atoms with Crippen LogP contribution in [0, 0.1) is 0 Å². The minimum absolute atomic E-state index is 0.420. The van der Waals surface area contributed by atoms with Crippen LogP contribution < -0.4 is 5.32 Å². The third-order valence-electron chi connectivity index (χ3n) is 2.61. The van der Waals surface area contributed by atoms with Gasteiger partial charge in [0.25, 0.3) is 0 Å². The van der Waals surface area contributed by atoms with Gasteiger partial charge in [-0.05, 0) is 24.6 Å². The predicted octanol–water partition coefficient (Wildman–Crippen LogP) is 3.26. The lowest BCUT2D eigenvalue weighted by Crippen LogP contribution is -2.18. The summed E-state index contributed by atoms with van der Waals surface area (Å²) in [5.41, 5.74) is 1.04. The molecular formula is C11H11BrN2OS. The average Bonchev–Trinajstić information content (AvgIpc) is 2.86. The standard InChI is InChI=1S/C11H11BrN2OS/c12-7-1-2-10-9(5-7)14-11(16-10)13-8-3-4-15-6-8/h1-2,5,8H,3-4,6H2,(H,13,14). The fraction of sp³-hybridized carbons (Fsp3) is 0.364. The first-order valence-electron chi connectivity index (χ1n) is 5.21. The zero-order chi connectivity index (χ0) is 11.0. The van der Waals surface area contributed by atoms with Crippen molar-refractivity contribution in [3.05, 3.63) is 22.7 Å². The van der Waals surface area contributed by atoms with E-state index in [1.54, 1.807) is 11.3 Å². The highest BCUT2D eigenvalue weighted by Gasteiger charge is 2.16. The molecule has 1 saturated heterocycles. The van der Waals surface area contributed by atoms with E-state index in [0.717, 1.165) is 34.8 Å². The Morgan fingerprint density at radius 2 is 2.44 bits per heavy atom. The molecule has 5 heteroatoms. The second kappa shape index (κ2) is 4.31. The molecule has 1 fully saturated rings.